The van der Waals surface area contributed by atoms with Gasteiger partial charge in [0.05, 0.1) is 6.61 Å². The highest BCUT2D eigenvalue weighted by Crippen LogP contribution is 2.21. The van der Waals surface area contributed by atoms with E-state index in [0.717, 1.165) is 11.8 Å². The molecule has 2 aromatic rings. The average Bonchev–Trinajstić information content (AvgIpc) is 2.78. The van der Waals surface area contributed by atoms with E-state index < -0.39 is 5.97 Å². The third kappa shape index (κ3) is 2.86. The van der Waals surface area contributed by atoms with E-state index in [1.54, 1.807) is 25.3 Å². The van der Waals surface area contributed by atoms with Crippen molar-refractivity contribution in [2.75, 3.05) is 7.11 Å². The molecule has 2 rings (SSSR count). The Morgan fingerprint density at radius 2 is 2.33 bits per heavy atom. The van der Waals surface area contributed by atoms with Crippen LogP contribution in [0, 0.1) is 0 Å². The number of carbonyl (C=O) groups is 1. The van der Waals surface area contributed by atoms with E-state index in [4.69, 9.17) is 19.0 Å². The first kappa shape index (κ1) is 12.1. The van der Waals surface area contributed by atoms with E-state index in [9.17, 15) is 4.79 Å². The number of hydrogen-bond donors (Lipinski definition) is 1. The largest absolute Gasteiger partial charge is 0.476 e. The van der Waals surface area contributed by atoms with Gasteiger partial charge in [0, 0.05) is 7.11 Å². The Bertz CT molecular complexity index is 549. The zero-order valence-electron chi connectivity index (χ0n) is 9.62. The van der Waals surface area contributed by atoms with Crippen LogP contribution >= 0.6 is 0 Å². The molecule has 0 saturated heterocycles. The van der Waals surface area contributed by atoms with Gasteiger partial charge in [0.1, 0.15) is 12.0 Å². The highest BCUT2D eigenvalue weighted by Gasteiger charge is 2.11. The minimum Gasteiger partial charge on any atom is -0.476 e. The Morgan fingerprint density at radius 3 is 3.00 bits per heavy atom. The van der Waals surface area contributed by atoms with E-state index in [2.05, 4.69) is 4.98 Å². The first-order valence-corrected chi connectivity index (χ1v) is 5.13. The second-order valence-electron chi connectivity index (χ2n) is 3.49. The Kier molecular flexibility index (Phi) is 3.59. The minimum atomic E-state index is -1.17. The van der Waals surface area contributed by atoms with Crippen LogP contribution in [0.3, 0.4) is 0 Å². The van der Waals surface area contributed by atoms with Crippen LogP contribution in [0.25, 0.3) is 0 Å². The molecule has 0 spiro atoms. The zero-order valence-corrected chi connectivity index (χ0v) is 9.62. The maximum Gasteiger partial charge on any atom is 0.399 e. The number of ether oxygens (including phenoxy) is 2. The van der Waals surface area contributed by atoms with Crippen LogP contribution in [0.5, 0.6) is 11.8 Å². The van der Waals surface area contributed by atoms with Crippen LogP contribution < -0.4 is 4.74 Å². The minimum absolute atomic E-state index is 0.109. The Balaban J connectivity index is 2.12. The molecule has 0 unspecified atom stereocenters. The fourth-order valence-corrected chi connectivity index (χ4v) is 1.37. The van der Waals surface area contributed by atoms with Crippen molar-refractivity contribution < 1.29 is 23.8 Å². The molecule has 1 heterocycles. The third-order valence-electron chi connectivity index (χ3n) is 2.12. The van der Waals surface area contributed by atoms with Crippen molar-refractivity contribution in [3.8, 4) is 11.8 Å². The molecule has 0 radical (unpaired) electrons. The van der Waals surface area contributed by atoms with Crippen LogP contribution in [-0.4, -0.2) is 23.2 Å². The molecule has 6 nitrogen and oxygen atoms in total. The fraction of sp³-hybridized carbons (Fsp3) is 0.167. The van der Waals surface area contributed by atoms with Gasteiger partial charge in [-0.25, -0.2) is 4.79 Å². The number of benzene rings is 1. The van der Waals surface area contributed by atoms with Gasteiger partial charge in [-0.3, -0.25) is 0 Å². The van der Waals surface area contributed by atoms with Gasteiger partial charge in [-0.2, -0.15) is 4.98 Å². The van der Waals surface area contributed by atoms with Gasteiger partial charge in [-0.15, -0.1) is 0 Å². The topological polar surface area (TPSA) is 81.8 Å². The van der Waals surface area contributed by atoms with Gasteiger partial charge >= 0.3 is 12.0 Å². The summed E-state index contributed by atoms with van der Waals surface area (Å²) in [5.74, 6) is -0.662. The van der Waals surface area contributed by atoms with Gasteiger partial charge in [-0.05, 0) is 17.7 Å². The molecule has 0 aliphatic heterocycles. The van der Waals surface area contributed by atoms with Gasteiger partial charge < -0.3 is 19.0 Å². The summed E-state index contributed by atoms with van der Waals surface area (Å²) < 4.78 is 15.2. The highest BCUT2D eigenvalue weighted by molar-refractivity contribution is 5.84. The lowest BCUT2D eigenvalue weighted by Gasteiger charge is -2.03. The van der Waals surface area contributed by atoms with E-state index in [0.29, 0.717) is 12.4 Å². The molecule has 1 aromatic carbocycles. The molecule has 18 heavy (non-hydrogen) atoms. The van der Waals surface area contributed by atoms with Crippen molar-refractivity contribution in [3.05, 3.63) is 41.8 Å². The molecule has 0 fully saturated rings. The average molecular weight is 249 g/mol. The smallest absolute Gasteiger partial charge is 0.399 e. The highest BCUT2D eigenvalue weighted by atomic mass is 16.6. The van der Waals surface area contributed by atoms with Crippen molar-refractivity contribution in [1.82, 2.24) is 4.98 Å². The van der Waals surface area contributed by atoms with Crippen LogP contribution in [0.4, 0.5) is 0 Å². The summed E-state index contributed by atoms with van der Waals surface area (Å²) in [5, 5.41) is 8.68. The van der Waals surface area contributed by atoms with Crippen LogP contribution in [0.15, 0.2) is 34.9 Å². The lowest BCUT2D eigenvalue weighted by atomic mass is 10.2. The summed E-state index contributed by atoms with van der Waals surface area (Å²) >= 11 is 0. The molecule has 0 aliphatic rings. The number of aromatic carboxylic acids is 1. The van der Waals surface area contributed by atoms with Gasteiger partial charge in [0.25, 0.3) is 0 Å². The Morgan fingerprint density at radius 1 is 1.50 bits per heavy atom. The number of oxazole rings is 1. The number of rotatable bonds is 5. The second-order valence-corrected chi connectivity index (χ2v) is 3.49. The molecule has 94 valence electrons. The molecule has 1 N–H and O–H groups in total. The SMILES string of the molecule is COCc1cccc(Oc2nc(C(=O)O)co2)c1. The molecule has 0 amide bonds. The molecule has 6 heteroatoms. The Hall–Kier alpha value is -2.34. The summed E-state index contributed by atoms with van der Waals surface area (Å²) in [6.07, 6.45) is 0.915. The zero-order chi connectivity index (χ0) is 13.0. The number of hydrogen-bond acceptors (Lipinski definition) is 5. The monoisotopic (exact) mass is 249 g/mol. The molecular weight excluding hydrogens is 238 g/mol. The van der Waals surface area contributed by atoms with Crippen molar-refractivity contribution in [1.29, 1.82) is 0 Å². The summed E-state index contributed by atoms with van der Waals surface area (Å²) in [7, 11) is 1.60. The van der Waals surface area contributed by atoms with Crippen LogP contribution in [-0.2, 0) is 11.3 Å². The van der Waals surface area contributed by atoms with E-state index >= 15 is 0 Å². The van der Waals surface area contributed by atoms with Crippen molar-refractivity contribution in [2.45, 2.75) is 6.61 Å². The maximum absolute atomic E-state index is 10.6. The maximum atomic E-state index is 10.6. The predicted octanol–water partition coefficient (Wildman–Crippen LogP) is 2.31. The van der Waals surface area contributed by atoms with Gasteiger partial charge in [0.15, 0.2) is 5.69 Å². The summed E-state index contributed by atoms with van der Waals surface area (Å²) in [4.78, 5) is 14.3. The lowest BCUT2D eigenvalue weighted by Crippen LogP contribution is -1.96. The van der Waals surface area contributed by atoms with Crippen molar-refractivity contribution in [3.63, 3.8) is 0 Å². The summed E-state index contributed by atoms with van der Waals surface area (Å²) in [5.41, 5.74) is 0.734. The fourth-order valence-electron chi connectivity index (χ4n) is 1.37. The second kappa shape index (κ2) is 5.33. The number of carboxylic acids is 1. The molecular formula is C12H11NO5. The lowest BCUT2D eigenvalue weighted by molar-refractivity contribution is 0.0690. The van der Waals surface area contributed by atoms with Gasteiger partial charge in [0.2, 0.25) is 0 Å². The van der Waals surface area contributed by atoms with Crippen LogP contribution in [0.1, 0.15) is 16.1 Å². The quantitative estimate of drug-likeness (QED) is 0.875. The summed E-state index contributed by atoms with van der Waals surface area (Å²) in [6, 6.07) is 7.15. The number of carboxylic acid groups (broad SMARTS) is 1. The summed E-state index contributed by atoms with van der Waals surface area (Å²) in [6.45, 7) is 0.461. The third-order valence-corrected chi connectivity index (χ3v) is 2.12. The van der Waals surface area contributed by atoms with Gasteiger partial charge in [-0.1, -0.05) is 12.1 Å². The number of aromatic nitrogens is 1. The Labute approximate surface area is 103 Å². The van der Waals surface area contributed by atoms with E-state index in [1.807, 2.05) is 6.07 Å². The first-order valence-electron chi connectivity index (χ1n) is 5.13. The molecule has 0 bridgehead atoms. The molecule has 0 atom stereocenters. The first-order chi connectivity index (χ1) is 8.69. The predicted molar refractivity (Wildman–Crippen MR) is 60.7 cm³/mol. The normalized spacial score (nSPS) is 10.3. The van der Waals surface area contributed by atoms with E-state index in [-0.39, 0.29) is 11.8 Å². The molecule has 1 aromatic heterocycles. The standard InChI is InChI=1S/C12H11NO5/c1-16-6-8-3-2-4-9(5-8)18-12-13-10(7-17-12)11(14)15/h2-5,7H,6H2,1H3,(H,14,15). The number of methoxy groups -OCH3 is 1. The molecule has 0 saturated carbocycles. The van der Waals surface area contributed by atoms with E-state index in [1.165, 1.54) is 0 Å². The van der Waals surface area contributed by atoms with Crippen molar-refractivity contribution >= 4 is 5.97 Å². The molecule has 0 aliphatic carbocycles. The van der Waals surface area contributed by atoms with Crippen molar-refractivity contribution in [2.24, 2.45) is 0 Å². The van der Waals surface area contributed by atoms with Crippen LogP contribution in [0.2, 0.25) is 0 Å². The number of nitrogens with zero attached hydrogens (tertiary/aromatic N) is 1.